The summed E-state index contributed by atoms with van der Waals surface area (Å²) in [6, 6.07) is 12.8. The van der Waals surface area contributed by atoms with Gasteiger partial charge in [0.05, 0.1) is 0 Å². The number of anilines is 2. The molecule has 1 saturated heterocycles. The second-order valence-electron chi connectivity index (χ2n) is 6.47. The van der Waals surface area contributed by atoms with Crippen LogP contribution in [0.3, 0.4) is 0 Å². The number of nitrogens with one attached hydrogen (secondary N) is 2. The second kappa shape index (κ2) is 7.90. The van der Waals surface area contributed by atoms with Crippen LogP contribution < -0.4 is 10.6 Å². The summed E-state index contributed by atoms with van der Waals surface area (Å²) in [6.45, 7) is 2.24. The standard InChI is InChI=1S/C20H21N3O4/c1-13-9-10-14(18(24)23-11-5-8-17(23)19(25)26)12-16(13)22-20(27)21-15-6-3-2-4-7-15/h2-4,6-7,9-10,12,17H,5,8,11H2,1H3,(H,25,26)(H2,21,22,27)/t17-/m1/s1. The molecule has 27 heavy (non-hydrogen) atoms. The predicted molar refractivity (Wildman–Crippen MR) is 102 cm³/mol. The summed E-state index contributed by atoms with van der Waals surface area (Å²) in [5.41, 5.74) is 2.30. The fourth-order valence-corrected chi connectivity index (χ4v) is 3.13. The van der Waals surface area contributed by atoms with E-state index in [9.17, 15) is 19.5 Å². The number of carbonyl (C=O) groups excluding carboxylic acids is 2. The van der Waals surface area contributed by atoms with Crippen molar-refractivity contribution in [2.75, 3.05) is 17.2 Å². The van der Waals surface area contributed by atoms with Gasteiger partial charge in [-0.15, -0.1) is 0 Å². The molecule has 0 unspecified atom stereocenters. The van der Waals surface area contributed by atoms with Crippen molar-refractivity contribution in [1.82, 2.24) is 4.90 Å². The quantitative estimate of drug-likeness (QED) is 0.772. The predicted octanol–water partition coefficient (Wildman–Crippen LogP) is 3.33. The normalized spacial score (nSPS) is 16.0. The molecule has 0 aliphatic carbocycles. The number of urea groups is 1. The highest BCUT2D eigenvalue weighted by Gasteiger charge is 2.34. The van der Waals surface area contributed by atoms with Crippen LogP contribution in [0.2, 0.25) is 0 Å². The van der Waals surface area contributed by atoms with Crippen molar-refractivity contribution in [2.24, 2.45) is 0 Å². The van der Waals surface area contributed by atoms with Gasteiger partial charge >= 0.3 is 12.0 Å². The lowest BCUT2D eigenvalue weighted by atomic mass is 10.1. The monoisotopic (exact) mass is 367 g/mol. The molecule has 1 aliphatic heterocycles. The van der Waals surface area contributed by atoms with Gasteiger partial charge in [-0.3, -0.25) is 4.79 Å². The van der Waals surface area contributed by atoms with E-state index >= 15 is 0 Å². The minimum Gasteiger partial charge on any atom is -0.480 e. The van der Waals surface area contributed by atoms with E-state index in [0.29, 0.717) is 36.3 Å². The van der Waals surface area contributed by atoms with Crippen LogP contribution in [0.15, 0.2) is 48.5 Å². The topological polar surface area (TPSA) is 98.7 Å². The molecule has 1 atom stereocenters. The van der Waals surface area contributed by atoms with E-state index in [4.69, 9.17) is 0 Å². The zero-order valence-corrected chi connectivity index (χ0v) is 14.9. The molecule has 1 fully saturated rings. The fourth-order valence-electron chi connectivity index (χ4n) is 3.13. The van der Waals surface area contributed by atoms with Gasteiger partial charge in [0.25, 0.3) is 5.91 Å². The third kappa shape index (κ3) is 4.25. The molecule has 0 bridgehead atoms. The lowest BCUT2D eigenvalue weighted by Crippen LogP contribution is -2.40. The minimum absolute atomic E-state index is 0.341. The number of hydrogen-bond acceptors (Lipinski definition) is 3. The number of hydrogen-bond donors (Lipinski definition) is 3. The van der Waals surface area contributed by atoms with Crippen molar-refractivity contribution in [3.8, 4) is 0 Å². The van der Waals surface area contributed by atoms with Crippen molar-refractivity contribution in [1.29, 1.82) is 0 Å². The third-order valence-electron chi connectivity index (χ3n) is 4.56. The summed E-state index contributed by atoms with van der Waals surface area (Å²) in [5.74, 6) is -1.33. The Hall–Kier alpha value is -3.35. The molecular formula is C20H21N3O4. The van der Waals surface area contributed by atoms with Crippen molar-refractivity contribution in [3.05, 3.63) is 59.7 Å². The Kier molecular flexibility index (Phi) is 5.40. The molecule has 2 aromatic carbocycles. The highest BCUT2D eigenvalue weighted by atomic mass is 16.4. The first-order valence-corrected chi connectivity index (χ1v) is 8.73. The zero-order valence-electron chi connectivity index (χ0n) is 14.9. The van der Waals surface area contributed by atoms with Gasteiger partial charge in [0.1, 0.15) is 6.04 Å². The maximum absolute atomic E-state index is 12.7. The van der Waals surface area contributed by atoms with Crippen LogP contribution in [0.1, 0.15) is 28.8 Å². The lowest BCUT2D eigenvalue weighted by molar-refractivity contribution is -0.141. The Morgan fingerprint density at radius 2 is 1.81 bits per heavy atom. The number of nitrogens with zero attached hydrogens (tertiary/aromatic N) is 1. The van der Waals surface area contributed by atoms with Gasteiger partial charge in [-0.25, -0.2) is 9.59 Å². The summed E-state index contributed by atoms with van der Waals surface area (Å²) in [5, 5.41) is 14.7. The second-order valence-corrected chi connectivity index (χ2v) is 6.47. The molecule has 140 valence electrons. The van der Waals surface area contributed by atoms with E-state index in [0.717, 1.165) is 5.56 Å². The molecule has 7 nitrogen and oxygen atoms in total. The molecule has 0 spiro atoms. The first kappa shape index (κ1) is 18.4. The van der Waals surface area contributed by atoms with E-state index in [2.05, 4.69) is 10.6 Å². The van der Waals surface area contributed by atoms with Crippen molar-refractivity contribution in [3.63, 3.8) is 0 Å². The number of aliphatic carboxylic acids is 1. The van der Waals surface area contributed by atoms with Gasteiger partial charge in [0, 0.05) is 23.5 Å². The van der Waals surface area contributed by atoms with Gasteiger partial charge < -0.3 is 20.6 Å². The molecule has 0 aromatic heterocycles. The Bertz CT molecular complexity index is 867. The average Bonchev–Trinajstić information content (AvgIpc) is 3.14. The van der Waals surface area contributed by atoms with Gasteiger partial charge in [-0.2, -0.15) is 0 Å². The summed E-state index contributed by atoms with van der Waals surface area (Å²) in [6.07, 6.45) is 1.12. The molecule has 3 rings (SSSR count). The van der Waals surface area contributed by atoms with Crippen LogP contribution in [-0.4, -0.2) is 40.5 Å². The van der Waals surface area contributed by atoms with Crippen LogP contribution in [0, 0.1) is 6.92 Å². The van der Waals surface area contributed by atoms with Crippen LogP contribution >= 0.6 is 0 Å². The first-order valence-electron chi connectivity index (χ1n) is 8.73. The Balaban J connectivity index is 1.75. The lowest BCUT2D eigenvalue weighted by Gasteiger charge is -2.22. The minimum atomic E-state index is -0.992. The molecule has 2 aromatic rings. The van der Waals surface area contributed by atoms with Crippen LogP contribution in [0.25, 0.3) is 0 Å². The number of rotatable bonds is 4. The van der Waals surface area contributed by atoms with Crippen LogP contribution in [0.5, 0.6) is 0 Å². The average molecular weight is 367 g/mol. The van der Waals surface area contributed by atoms with E-state index in [1.54, 1.807) is 30.3 Å². The number of likely N-dealkylation sites (tertiary alicyclic amines) is 1. The largest absolute Gasteiger partial charge is 0.480 e. The van der Waals surface area contributed by atoms with E-state index in [-0.39, 0.29) is 5.91 Å². The summed E-state index contributed by atoms with van der Waals surface area (Å²) < 4.78 is 0. The molecule has 1 aliphatic rings. The van der Waals surface area contributed by atoms with Gasteiger partial charge in [-0.05, 0) is 49.6 Å². The Labute approximate surface area is 157 Å². The highest BCUT2D eigenvalue weighted by molar-refractivity contribution is 6.02. The van der Waals surface area contributed by atoms with Gasteiger partial charge in [0.15, 0.2) is 0 Å². The summed E-state index contributed by atoms with van der Waals surface area (Å²) in [4.78, 5) is 37.7. The van der Waals surface area contributed by atoms with E-state index < -0.39 is 18.0 Å². The van der Waals surface area contributed by atoms with Gasteiger partial charge in [-0.1, -0.05) is 24.3 Å². The molecule has 1 heterocycles. The number of carboxylic acids is 1. The summed E-state index contributed by atoms with van der Waals surface area (Å²) in [7, 11) is 0. The Morgan fingerprint density at radius 1 is 1.07 bits per heavy atom. The fraction of sp³-hybridized carbons (Fsp3) is 0.250. The number of para-hydroxylation sites is 1. The smallest absolute Gasteiger partial charge is 0.326 e. The van der Waals surface area contributed by atoms with Crippen LogP contribution in [0.4, 0.5) is 16.2 Å². The maximum atomic E-state index is 12.7. The molecule has 7 heteroatoms. The first-order chi connectivity index (χ1) is 13.0. The summed E-state index contributed by atoms with van der Waals surface area (Å²) >= 11 is 0. The third-order valence-corrected chi connectivity index (χ3v) is 4.56. The molecular weight excluding hydrogens is 346 g/mol. The zero-order chi connectivity index (χ0) is 19.4. The van der Waals surface area contributed by atoms with Crippen molar-refractivity contribution < 1.29 is 19.5 Å². The SMILES string of the molecule is Cc1ccc(C(=O)N2CCC[C@@H]2C(=O)O)cc1NC(=O)Nc1ccccc1. The Morgan fingerprint density at radius 3 is 2.52 bits per heavy atom. The molecule has 0 saturated carbocycles. The molecule has 0 radical (unpaired) electrons. The number of amides is 3. The maximum Gasteiger partial charge on any atom is 0.326 e. The number of carboxylic acid groups (broad SMARTS) is 1. The van der Waals surface area contributed by atoms with Crippen molar-refractivity contribution in [2.45, 2.75) is 25.8 Å². The molecule has 3 N–H and O–H groups in total. The van der Waals surface area contributed by atoms with Crippen molar-refractivity contribution >= 4 is 29.3 Å². The number of carbonyl (C=O) groups is 3. The number of aryl methyl sites for hydroxylation is 1. The van der Waals surface area contributed by atoms with Crippen LogP contribution in [-0.2, 0) is 4.79 Å². The van der Waals surface area contributed by atoms with E-state index in [1.165, 1.54) is 4.90 Å². The highest BCUT2D eigenvalue weighted by Crippen LogP contribution is 2.23. The molecule has 3 amide bonds. The van der Waals surface area contributed by atoms with Gasteiger partial charge in [0.2, 0.25) is 0 Å². The van der Waals surface area contributed by atoms with E-state index in [1.807, 2.05) is 25.1 Å². The number of benzene rings is 2.